The third kappa shape index (κ3) is 3.37. The number of aromatic nitrogens is 5. The summed E-state index contributed by atoms with van der Waals surface area (Å²) in [7, 11) is 3.76. The summed E-state index contributed by atoms with van der Waals surface area (Å²) in [4.78, 5) is 25.8. The minimum Gasteiger partial charge on any atom is -0.383 e. The van der Waals surface area contributed by atoms with Gasteiger partial charge in [0.05, 0.1) is 21.4 Å². The summed E-state index contributed by atoms with van der Waals surface area (Å²) < 4.78 is 1.71. The Balaban J connectivity index is 1.91. The minimum atomic E-state index is -0.440. The molecule has 33 heavy (non-hydrogen) atoms. The van der Waals surface area contributed by atoms with Gasteiger partial charge in [0.15, 0.2) is 5.65 Å². The zero-order chi connectivity index (χ0) is 23.3. The molecule has 0 saturated carbocycles. The number of hydrogen-bond donors (Lipinski definition) is 1. The number of nitrogens with zero attached hydrogens (tertiary/aromatic N) is 7. The molecule has 3 aromatic heterocycles. The van der Waals surface area contributed by atoms with Crippen LogP contribution in [0.2, 0.25) is 5.02 Å². The van der Waals surface area contributed by atoms with Crippen LogP contribution in [0.15, 0.2) is 54.9 Å². The number of benzene rings is 2. The lowest BCUT2D eigenvalue weighted by Crippen LogP contribution is -2.14. The third-order valence-corrected chi connectivity index (χ3v) is 5.51. The third-order valence-electron chi connectivity index (χ3n) is 5.26. The molecular weight excluding hydrogens is 444 g/mol. The SMILES string of the molecule is CN(C)c1c2c(nn1-c1ccc([N+](=O)[O-])cc1)c(-c1ccc(Cl)cc1)nc1ncnc(N)c12. The van der Waals surface area contributed by atoms with Crippen LogP contribution in [0.3, 0.4) is 0 Å². The molecule has 2 N–H and O–H groups in total. The van der Waals surface area contributed by atoms with Crippen molar-refractivity contribution in [3.05, 3.63) is 70.0 Å². The molecule has 0 bridgehead atoms. The van der Waals surface area contributed by atoms with Gasteiger partial charge in [0.1, 0.15) is 29.2 Å². The molecule has 0 unspecified atom stereocenters. The summed E-state index contributed by atoms with van der Waals surface area (Å²) in [6, 6.07) is 13.5. The molecule has 11 heteroatoms. The molecule has 0 aliphatic carbocycles. The van der Waals surface area contributed by atoms with Crippen LogP contribution >= 0.6 is 11.6 Å². The fourth-order valence-electron chi connectivity index (χ4n) is 3.80. The average molecular weight is 461 g/mol. The Kier molecular flexibility index (Phi) is 4.79. The highest BCUT2D eigenvalue weighted by Gasteiger charge is 2.24. The topological polar surface area (TPSA) is 129 Å². The van der Waals surface area contributed by atoms with Gasteiger partial charge in [-0.25, -0.2) is 19.6 Å². The standard InChI is InChI=1S/C22H17ClN8O2/c1-29(2)22-16-17-20(24)25-11-26-21(17)27-18(12-3-5-13(23)6-4-12)19(16)28-30(22)14-7-9-15(10-8-14)31(32)33/h3-11H,1-2H3,(H2,24,25,26). The predicted octanol–water partition coefficient (Wildman–Crippen LogP) is 4.24. The second kappa shape index (κ2) is 7.68. The van der Waals surface area contributed by atoms with Gasteiger partial charge >= 0.3 is 0 Å². The summed E-state index contributed by atoms with van der Waals surface area (Å²) in [6.45, 7) is 0. The van der Waals surface area contributed by atoms with Gasteiger partial charge in [-0.2, -0.15) is 5.10 Å². The van der Waals surface area contributed by atoms with Crippen molar-refractivity contribution in [2.24, 2.45) is 0 Å². The number of rotatable bonds is 4. The Labute approximate surface area is 192 Å². The van der Waals surface area contributed by atoms with E-state index in [-0.39, 0.29) is 11.5 Å². The van der Waals surface area contributed by atoms with Gasteiger partial charge in [-0.1, -0.05) is 23.7 Å². The first kappa shape index (κ1) is 20.6. The molecular formula is C22H17ClN8O2. The first-order chi connectivity index (χ1) is 15.8. The Hall–Kier alpha value is -4.31. The van der Waals surface area contributed by atoms with Gasteiger partial charge in [-0.15, -0.1) is 0 Å². The molecule has 0 radical (unpaired) electrons. The van der Waals surface area contributed by atoms with E-state index in [0.29, 0.717) is 38.8 Å². The molecule has 0 aliphatic heterocycles. The molecule has 2 aromatic carbocycles. The highest BCUT2D eigenvalue weighted by molar-refractivity contribution is 6.30. The number of nitrogen functional groups attached to an aromatic ring is 1. The Morgan fingerprint density at radius 3 is 2.36 bits per heavy atom. The normalized spacial score (nSPS) is 11.2. The van der Waals surface area contributed by atoms with Crippen molar-refractivity contribution in [1.82, 2.24) is 24.7 Å². The molecule has 0 spiro atoms. The van der Waals surface area contributed by atoms with Crippen LogP contribution in [0, 0.1) is 10.1 Å². The van der Waals surface area contributed by atoms with Gasteiger partial charge in [0.2, 0.25) is 0 Å². The maximum absolute atomic E-state index is 11.1. The van der Waals surface area contributed by atoms with Crippen molar-refractivity contribution >= 4 is 50.9 Å². The lowest BCUT2D eigenvalue weighted by molar-refractivity contribution is -0.384. The van der Waals surface area contributed by atoms with Crippen LogP contribution in [0.1, 0.15) is 0 Å². The number of nitrogens with two attached hydrogens (primary N) is 1. The van der Waals surface area contributed by atoms with Crippen molar-refractivity contribution in [2.75, 3.05) is 24.7 Å². The van der Waals surface area contributed by atoms with Gasteiger partial charge < -0.3 is 10.6 Å². The molecule has 10 nitrogen and oxygen atoms in total. The maximum Gasteiger partial charge on any atom is 0.269 e. The molecule has 0 fully saturated rings. The highest BCUT2D eigenvalue weighted by atomic mass is 35.5. The Morgan fingerprint density at radius 2 is 1.73 bits per heavy atom. The lowest BCUT2D eigenvalue weighted by atomic mass is 10.1. The van der Waals surface area contributed by atoms with Gasteiger partial charge in [-0.3, -0.25) is 10.1 Å². The second-order valence-corrected chi connectivity index (χ2v) is 7.99. The molecule has 5 aromatic rings. The highest BCUT2D eigenvalue weighted by Crippen LogP contribution is 2.39. The maximum atomic E-state index is 11.1. The van der Waals surface area contributed by atoms with Crippen LogP contribution in [0.25, 0.3) is 38.9 Å². The number of pyridine rings is 1. The van der Waals surface area contributed by atoms with E-state index in [1.165, 1.54) is 18.5 Å². The van der Waals surface area contributed by atoms with E-state index >= 15 is 0 Å². The van der Waals surface area contributed by atoms with Crippen molar-refractivity contribution < 1.29 is 4.92 Å². The minimum absolute atomic E-state index is 0.00604. The number of halogens is 1. The first-order valence-corrected chi connectivity index (χ1v) is 10.2. The molecule has 0 saturated heterocycles. The number of non-ortho nitro benzene ring substituents is 1. The molecule has 164 valence electrons. The van der Waals surface area contributed by atoms with E-state index in [1.54, 1.807) is 28.9 Å². The molecule has 5 rings (SSSR count). The predicted molar refractivity (Wildman–Crippen MR) is 128 cm³/mol. The van der Waals surface area contributed by atoms with Gasteiger partial charge in [-0.05, 0) is 24.3 Å². The fraction of sp³-hybridized carbons (Fsp3) is 0.0909. The lowest BCUT2D eigenvalue weighted by Gasteiger charge is -2.16. The summed E-state index contributed by atoms with van der Waals surface area (Å²) in [5, 5.41) is 17.9. The monoisotopic (exact) mass is 460 g/mol. The van der Waals surface area contributed by atoms with Crippen LogP contribution in [0.4, 0.5) is 17.3 Å². The number of anilines is 2. The zero-order valence-corrected chi connectivity index (χ0v) is 18.4. The van der Waals surface area contributed by atoms with Crippen molar-refractivity contribution in [1.29, 1.82) is 0 Å². The van der Waals surface area contributed by atoms with Gasteiger partial charge in [0, 0.05) is 36.8 Å². The molecule has 3 heterocycles. The Bertz CT molecular complexity index is 1530. The van der Waals surface area contributed by atoms with Crippen molar-refractivity contribution in [2.45, 2.75) is 0 Å². The summed E-state index contributed by atoms with van der Waals surface area (Å²) >= 11 is 6.09. The van der Waals surface area contributed by atoms with Crippen LogP contribution in [-0.4, -0.2) is 43.8 Å². The fourth-order valence-corrected chi connectivity index (χ4v) is 3.92. The molecule has 0 aliphatic rings. The van der Waals surface area contributed by atoms with E-state index in [1.807, 2.05) is 31.1 Å². The van der Waals surface area contributed by atoms with Gasteiger partial charge in [0.25, 0.3) is 5.69 Å². The second-order valence-electron chi connectivity index (χ2n) is 7.55. The largest absolute Gasteiger partial charge is 0.383 e. The smallest absolute Gasteiger partial charge is 0.269 e. The number of nitro benzene ring substituents is 1. The summed E-state index contributed by atoms with van der Waals surface area (Å²) in [6.07, 6.45) is 1.37. The quantitative estimate of drug-likeness (QED) is 0.311. The van der Waals surface area contributed by atoms with E-state index in [0.717, 1.165) is 10.9 Å². The molecule has 0 atom stereocenters. The van der Waals surface area contributed by atoms with E-state index in [4.69, 9.17) is 27.4 Å². The molecule has 0 amide bonds. The van der Waals surface area contributed by atoms with Crippen LogP contribution in [-0.2, 0) is 0 Å². The van der Waals surface area contributed by atoms with Crippen LogP contribution in [0.5, 0.6) is 0 Å². The van der Waals surface area contributed by atoms with E-state index < -0.39 is 4.92 Å². The van der Waals surface area contributed by atoms with Crippen LogP contribution < -0.4 is 10.6 Å². The summed E-state index contributed by atoms with van der Waals surface area (Å²) in [5.74, 6) is 0.995. The average Bonchev–Trinajstić information content (AvgIpc) is 3.20. The number of hydrogen-bond acceptors (Lipinski definition) is 8. The van der Waals surface area contributed by atoms with E-state index in [9.17, 15) is 10.1 Å². The number of fused-ring (bicyclic) bond motifs is 3. The van der Waals surface area contributed by atoms with Crippen molar-refractivity contribution in [3.8, 4) is 16.9 Å². The van der Waals surface area contributed by atoms with Crippen molar-refractivity contribution in [3.63, 3.8) is 0 Å². The Morgan fingerprint density at radius 1 is 1.03 bits per heavy atom. The summed E-state index contributed by atoms with van der Waals surface area (Å²) in [5.41, 5.74) is 9.34. The number of nitro groups is 1. The first-order valence-electron chi connectivity index (χ1n) is 9.86. The zero-order valence-electron chi connectivity index (χ0n) is 17.6. The van der Waals surface area contributed by atoms with E-state index in [2.05, 4.69) is 9.97 Å².